The number of rotatable bonds is 50. The van der Waals surface area contributed by atoms with Crippen molar-refractivity contribution in [1.82, 2.24) is 31.9 Å². The van der Waals surface area contributed by atoms with E-state index in [1.807, 2.05) is 6.92 Å². The number of phosphoric ester groups is 4. The summed E-state index contributed by atoms with van der Waals surface area (Å²) in [5.41, 5.74) is 5.30. The van der Waals surface area contributed by atoms with Gasteiger partial charge in [-0.3, -0.25) is 92.6 Å². The van der Waals surface area contributed by atoms with E-state index < -0.39 is 135 Å². The summed E-state index contributed by atoms with van der Waals surface area (Å²) >= 11 is 0. The van der Waals surface area contributed by atoms with Gasteiger partial charge in [-0.15, -0.1) is 26.3 Å². The highest BCUT2D eigenvalue weighted by atomic mass is 31.2. The van der Waals surface area contributed by atoms with Gasteiger partial charge in [0.15, 0.2) is 0 Å². The number of carbonyl (C=O) groups excluding carboxylic acids is 9. The minimum absolute atomic E-state index is 0.00864. The molecule has 0 saturated heterocycles. The summed E-state index contributed by atoms with van der Waals surface area (Å²) in [6.45, 7) is 29.4. The molecule has 0 aliphatic carbocycles. The van der Waals surface area contributed by atoms with Gasteiger partial charge in [0.1, 0.15) is 24.4 Å². The van der Waals surface area contributed by atoms with Crippen LogP contribution in [0.15, 0.2) is 50.6 Å². The molecule has 0 heterocycles. The first-order valence-corrected chi connectivity index (χ1v) is 34.8. The Bertz CT molecular complexity index is 2390. The van der Waals surface area contributed by atoms with Gasteiger partial charge in [-0.1, -0.05) is 31.2 Å². The van der Waals surface area contributed by atoms with Gasteiger partial charge in [0, 0.05) is 75.0 Å². The molecule has 0 fully saturated rings. The van der Waals surface area contributed by atoms with E-state index in [9.17, 15) is 61.4 Å². The minimum atomic E-state index is -4.22. The van der Waals surface area contributed by atoms with E-state index in [0.717, 1.165) is 0 Å². The van der Waals surface area contributed by atoms with Crippen LogP contribution in [-0.4, -0.2) is 201 Å². The third kappa shape index (κ3) is 49.9. The Balaban J connectivity index is -0.00000149. The van der Waals surface area contributed by atoms with Gasteiger partial charge in [-0.2, -0.15) is 0 Å². The van der Waals surface area contributed by atoms with Gasteiger partial charge >= 0.3 is 61.2 Å². The van der Waals surface area contributed by atoms with Crippen molar-refractivity contribution in [3.05, 3.63) is 50.6 Å². The highest BCUT2D eigenvalue weighted by Gasteiger charge is 2.35. The van der Waals surface area contributed by atoms with Gasteiger partial charge in [0.05, 0.1) is 103 Å². The molecule has 10 unspecified atom stereocenters. The summed E-state index contributed by atoms with van der Waals surface area (Å²) in [4.78, 5) is 103. The average Bonchev–Trinajstić information content (AvgIpc) is 1.22. The normalized spacial score (nSPS) is 16.0. The van der Waals surface area contributed by atoms with Gasteiger partial charge < -0.3 is 56.6 Å². The summed E-state index contributed by atoms with van der Waals surface area (Å²) < 4.78 is 133. The predicted octanol–water partition coefficient (Wildman–Crippen LogP) is 4.83. The lowest BCUT2D eigenvalue weighted by molar-refractivity contribution is -0.148. The van der Waals surface area contributed by atoms with Crippen molar-refractivity contribution in [2.24, 2.45) is 5.73 Å². The molecule has 0 radical (unpaired) electrons. The van der Waals surface area contributed by atoms with Crippen molar-refractivity contribution in [1.29, 1.82) is 0 Å². The van der Waals surface area contributed by atoms with Crippen LogP contribution >= 0.6 is 31.3 Å². The van der Waals surface area contributed by atoms with Gasteiger partial charge in [-0.25, -0.2) is 23.1 Å². The fraction of sp³-hybridized carbons (Fsp3) is 0.685. The first-order chi connectivity index (χ1) is 43.9. The fourth-order valence-electron chi connectivity index (χ4n) is 6.38. The molecule has 36 nitrogen and oxygen atoms in total. The minimum Gasteiger partial charge on any atom is -0.461 e. The Labute approximate surface area is 549 Å². The van der Waals surface area contributed by atoms with Crippen molar-refractivity contribution >= 4 is 84.8 Å². The maximum atomic E-state index is 13.1. The Morgan fingerprint density at radius 2 is 0.596 bits per heavy atom. The van der Waals surface area contributed by atoms with Crippen LogP contribution in [0.2, 0.25) is 0 Å². The zero-order chi connectivity index (χ0) is 72.5. The number of carbonyl (C=O) groups is 9. The maximum absolute atomic E-state index is 13.1. The second-order valence-corrected chi connectivity index (χ2v) is 25.8. The molecule has 544 valence electrons. The number of hydrogen-bond acceptors (Lipinski definition) is 30. The Morgan fingerprint density at radius 1 is 0.372 bits per heavy atom. The average molecular weight is 1430 g/mol. The summed E-state index contributed by atoms with van der Waals surface area (Å²) in [6.07, 6.45) is 3.00. The number of nitrogens with one attached hydrogen (secondary N) is 6. The molecule has 0 aromatic rings. The molecule has 0 bridgehead atoms. The van der Waals surface area contributed by atoms with Crippen LogP contribution in [0, 0.1) is 0 Å². The Kier molecular flexibility index (Phi) is 51.8. The van der Waals surface area contributed by atoms with Crippen LogP contribution in [0.1, 0.15) is 96.4 Å². The summed E-state index contributed by atoms with van der Waals surface area (Å²) in [6, 6.07) is -3.88. The number of amides is 6. The largest absolute Gasteiger partial charge is 0.475 e. The van der Waals surface area contributed by atoms with E-state index >= 15 is 0 Å². The van der Waals surface area contributed by atoms with Crippen LogP contribution in [0.25, 0.3) is 0 Å². The molecule has 6 amide bonds. The summed E-state index contributed by atoms with van der Waals surface area (Å²) in [7, 11) is -16.1. The smallest absolute Gasteiger partial charge is 0.461 e. The van der Waals surface area contributed by atoms with Gasteiger partial charge in [0.25, 0.3) is 0 Å². The van der Waals surface area contributed by atoms with Crippen molar-refractivity contribution < 1.29 is 135 Å². The third-order valence-electron chi connectivity index (χ3n) is 10.4. The quantitative estimate of drug-likeness (QED) is 0.0141. The standard InChI is InChI=1S/C27H48N4O15P2.C14H26NO7P.C13H25N2O7P/c1-9-13-39-47(37,43-17-25(30-21(5)32)19(3)45-23(7)34)41-15-11-28-27(36)29-12-16-42-48(38,40-14-10-2)44-18-26(31-22(6)33)20(4)46-24(8)35;1-6-8-19-23(18,20-9-7-2)21-10-14(15-12(4)16)11(3)22-13(5)17;1-5-7-19-23(18,20-8-6-14)21-9-13(15-11(3)16)10(2)22-12(4)17/h9-10,19-20,25-26H,1-2,11-18H2,3-8H3,(H,30,32)(H,31,33)(H2,28,29,36);6,11,14H,1,7-10H2,2-5H3,(H,15,16);5,10,13H,1,6-9,14H2,2-4H3,(H,15,16)/t19-,20?,25-,26?,47?,48?;;/m0../s1. The number of nitrogens with two attached hydrogens (primary N) is 1. The molecule has 0 aliphatic rings. The number of esters is 4. The van der Waals surface area contributed by atoms with Crippen molar-refractivity contribution in [2.45, 2.75) is 145 Å². The first-order valence-electron chi connectivity index (χ1n) is 29.0. The van der Waals surface area contributed by atoms with Crippen LogP contribution in [0.4, 0.5) is 4.79 Å². The number of urea groups is 1. The van der Waals surface area contributed by atoms with E-state index in [1.165, 1.54) is 93.5 Å². The lowest BCUT2D eigenvalue weighted by atomic mass is 10.2. The molecule has 12 atom stereocenters. The number of phosphoric acid groups is 4. The second-order valence-electron chi connectivity index (χ2n) is 19.1. The number of ether oxygens (including phenoxy) is 4. The van der Waals surface area contributed by atoms with E-state index in [-0.39, 0.29) is 97.5 Å². The zero-order valence-corrected chi connectivity index (χ0v) is 59.4. The SMILES string of the molecule is C=CCOP(=O)(OCCC)OCC(NC(C)=O)C(C)OC(C)=O.C=CCOP(=O)(OCCN)OCC(NC(C)=O)C(C)OC(C)=O.C=CCOP(=O)(OCCNC(=O)NCCOP(=O)(OCC=C)OC[C@H](NC(C)=O)[C@H](C)OC(C)=O)OCC(NC(C)=O)C(C)OC(C)=O. The van der Waals surface area contributed by atoms with E-state index in [1.54, 1.807) is 13.8 Å². The fourth-order valence-corrected chi connectivity index (χ4v) is 11.2. The Morgan fingerprint density at radius 3 is 0.787 bits per heavy atom. The lowest BCUT2D eigenvalue weighted by Gasteiger charge is -2.26. The molecule has 0 aromatic heterocycles. The van der Waals surface area contributed by atoms with Gasteiger partial charge in [0.2, 0.25) is 23.6 Å². The molecule has 0 saturated carbocycles. The molecule has 0 aliphatic heterocycles. The van der Waals surface area contributed by atoms with E-state index in [2.05, 4.69) is 58.2 Å². The van der Waals surface area contributed by atoms with E-state index in [4.69, 9.17) is 79.0 Å². The van der Waals surface area contributed by atoms with Crippen molar-refractivity contribution in [2.75, 3.05) is 98.9 Å². The Hall–Kier alpha value is -5.61. The second kappa shape index (κ2) is 52.6. The molecule has 0 spiro atoms. The molecular weight excluding hydrogens is 1330 g/mol. The molecule has 8 N–H and O–H groups in total. The topological polar surface area (TPSA) is 468 Å². The highest BCUT2D eigenvalue weighted by Crippen LogP contribution is 2.52. The van der Waals surface area contributed by atoms with Crippen LogP contribution in [-0.2, 0) is 130 Å². The van der Waals surface area contributed by atoms with Crippen LogP contribution in [0.3, 0.4) is 0 Å². The monoisotopic (exact) mass is 1430 g/mol. The van der Waals surface area contributed by atoms with Crippen molar-refractivity contribution in [3.63, 3.8) is 0 Å². The molecular formula is C54H99N7O29P4. The van der Waals surface area contributed by atoms with Gasteiger partial charge in [-0.05, 0) is 34.1 Å². The highest BCUT2D eigenvalue weighted by molar-refractivity contribution is 7.49. The zero-order valence-electron chi connectivity index (χ0n) is 55.8. The van der Waals surface area contributed by atoms with Crippen LogP contribution in [0.5, 0.6) is 0 Å². The molecule has 0 rings (SSSR count). The third-order valence-corrected chi connectivity index (χ3v) is 16.1. The summed E-state index contributed by atoms with van der Waals surface area (Å²) in [5, 5.41) is 15.1. The van der Waals surface area contributed by atoms with Crippen molar-refractivity contribution in [3.8, 4) is 0 Å². The predicted molar refractivity (Wildman–Crippen MR) is 339 cm³/mol. The molecule has 94 heavy (non-hydrogen) atoms. The first kappa shape index (κ1) is 92.6. The lowest BCUT2D eigenvalue weighted by Crippen LogP contribution is -2.46. The maximum Gasteiger partial charge on any atom is 0.475 e. The van der Waals surface area contributed by atoms with Crippen LogP contribution < -0.4 is 37.6 Å². The van der Waals surface area contributed by atoms with E-state index in [0.29, 0.717) is 6.42 Å². The molecule has 0 aromatic carbocycles. The number of hydrogen-bond donors (Lipinski definition) is 7. The molecule has 40 heteroatoms. The summed E-state index contributed by atoms with van der Waals surface area (Å²) in [5.74, 6) is -3.81.